The van der Waals surface area contributed by atoms with Crippen LogP contribution in [0.2, 0.25) is 0 Å². The summed E-state index contributed by atoms with van der Waals surface area (Å²) in [5, 5.41) is 14.5. The van der Waals surface area contributed by atoms with Crippen LogP contribution in [0.25, 0.3) is 6.08 Å². The molecule has 2 amide bonds. The van der Waals surface area contributed by atoms with Crippen molar-refractivity contribution in [2.75, 3.05) is 5.32 Å². The highest BCUT2D eigenvalue weighted by Crippen LogP contribution is 2.41. The molecule has 3 aromatic rings. The first-order valence-electron chi connectivity index (χ1n) is 13.8. The van der Waals surface area contributed by atoms with Gasteiger partial charge in [0.25, 0.3) is 15.9 Å². The summed E-state index contributed by atoms with van der Waals surface area (Å²) in [4.78, 5) is 29.8. The second kappa shape index (κ2) is 12.0. The highest BCUT2D eigenvalue weighted by atomic mass is 32.2. The Labute approximate surface area is 257 Å². The van der Waals surface area contributed by atoms with Crippen LogP contribution in [0, 0.1) is 6.92 Å². The van der Waals surface area contributed by atoms with E-state index in [0.717, 1.165) is 22.3 Å². The summed E-state index contributed by atoms with van der Waals surface area (Å²) in [5.74, 6) is -0.728. The maximum atomic E-state index is 12.8. The third kappa shape index (κ3) is 7.94. The van der Waals surface area contributed by atoms with Gasteiger partial charge in [-0.05, 0) is 83.1 Å². The molecule has 0 aromatic heterocycles. The van der Waals surface area contributed by atoms with Crippen molar-refractivity contribution in [3.8, 4) is 5.75 Å². The van der Waals surface area contributed by atoms with Crippen LogP contribution in [0.3, 0.4) is 0 Å². The fourth-order valence-electron chi connectivity index (χ4n) is 4.47. The van der Waals surface area contributed by atoms with Gasteiger partial charge >= 0.3 is 0 Å². The number of sulfonamides is 1. The minimum atomic E-state index is -3.96. The van der Waals surface area contributed by atoms with Crippen LogP contribution in [0.5, 0.6) is 5.75 Å². The van der Waals surface area contributed by atoms with E-state index in [0.29, 0.717) is 21.3 Å². The monoisotopic (exact) mass is 619 g/mol. The minimum absolute atomic E-state index is 0.0264. The van der Waals surface area contributed by atoms with Crippen molar-refractivity contribution in [3.05, 3.63) is 93.4 Å². The van der Waals surface area contributed by atoms with Crippen LogP contribution in [-0.2, 0) is 36.9 Å². The van der Waals surface area contributed by atoms with E-state index in [2.05, 4.69) is 15.0 Å². The smallest absolute Gasteiger partial charge is 0.286 e. The number of nitrogens with one attached hydrogen (secondary N) is 2. The van der Waals surface area contributed by atoms with Crippen molar-refractivity contribution in [3.63, 3.8) is 0 Å². The Bertz CT molecular complexity index is 1690. The highest BCUT2D eigenvalue weighted by molar-refractivity contribution is 8.18. The molecule has 1 aliphatic rings. The standard InChI is InChI=1S/C33H37N3O5S2/c1-20-8-14-24(15-9-20)43(40,41)36-28(37)19-21-10-12-23(13-11-21)34-31-35-30(39)27(42-31)18-22-16-25(32(2,3)4)29(38)26(17-22)33(5,6)7/h8-18,38H,19H2,1-7H3,(H,36,37)(H,34,35,39)/b27-18-. The van der Waals surface area contributed by atoms with Gasteiger partial charge in [0, 0.05) is 16.8 Å². The van der Waals surface area contributed by atoms with Crippen molar-refractivity contribution < 1.29 is 23.1 Å². The van der Waals surface area contributed by atoms with Crippen LogP contribution >= 0.6 is 11.8 Å². The molecule has 0 aliphatic carbocycles. The zero-order chi connectivity index (χ0) is 31.7. The topological polar surface area (TPSA) is 125 Å². The quantitative estimate of drug-likeness (QED) is 0.272. The molecule has 0 unspecified atom stereocenters. The zero-order valence-electron chi connectivity index (χ0n) is 25.4. The Morgan fingerprint density at radius 2 is 1.49 bits per heavy atom. The Hall–Kier alpha value is -3.89. The Kier molecular flexibility index (Phi) is 8.95. The maximum absolute atomic E-state index is 12.8. The first-order chi connectivity index (χ1) is 19.9. The van der Waals surface area contributed by atoms with E-state index >= 15 is 0 Å². The number of aromatic hydroxyl groups is 1. The lowest BCUT2D eigenvalue weighted by Crippen LogP contribution is -2.31. The largest absolute Gasteiger partial charge is 0.507 e. The Morgan fingerprint density at radius 1 is 0.930 bits per heavy atom. The number of thioether (sulfide) groups is 1. The number of aliphatic imine (C=N–C) groups is 1. The summed E-state index contributed by atoms with van der Waals surface area (Å²) < 4.78 is 27.1. The number of aryl methyl sites for hydroxylation is 1. The predicted molar refractivity (Wildman–Crippen MR) is 174 cm³/mol. The zero-order valence-corrected chi connectivity index (χ0v) is 27.0. The predicted octanol–water partition coefficient (Wildman–Crippen LogP) is 6.43. The number of benzene rings is 3. The number of hydrogen-bond donors (Lipinski definition) is 3. The molecule has 43 heavy (non-hydrogen) atoms. The highest BCUT2D eigenvalue weighted by Gasteiger charge is 2.28. The van der Waals surface area contributed by atoms with E-state index < -0.39 is 15.9 Å². The van der Waals surface area contributed by atoms with Gasteiger partial charge in [-0.15, -0.1) is 0 Å². The van der Waals surface area contributed by atoms with Gasteiger partial charge in [-0.25, -0.2) is 13.1 Å². The van der Waals surface area contributed by atoms with Crippen molar-refractivity contribution in [2.45, 2.75) is 70.6 Å². The summed E-state index contributed by atoms with van der Waals surface area (Å²) in [6.07, 6.45) is 1.67. The number of phenolic OH excluding ortho intramolecular Hbond substituents is 1. The van der Waals surface area contributed by atoms with Gasteiger partial charge in [0.15, 0.2) is 5.17 Å². The lowest BCUT2D eigenvalue weighted by atomic mass is 9.78. The van der Waals surface area contributed by atoms with E-state index in [-0.39, 0.29) is 33.8 Å². The lowest BCUT2D eigenvalue weighted by molar-refractivity contribution is -0.118. The third-order valence-corrected chi connectivity index (χ3v) is 9.10. The lowest BCUT2D eigenvalue weighted by Gasteiger charge is -2.28. The van der Waals surface area contributed by atoms with Gasteiger partial charge in [0.05, 0.1) is 16.2 Å². The fourth-order valence-corrected chi connectivity index (χ4v) is 6.29. The SMILES string of the molecule is Cc1ccc(S(=O)(=O)NC(=O)Cc2ccc(NC3=NC(=O)/C(=C/c4cc(C(C)(C)C)c(O)c(C(C)(C)C)c4)S3)cc2)cc1. The number of amides is 2. The van der Waals surface area contributed by atoms with Crippen molar-refractivity contribution in [1.82, 2.24) is 4.72 Å². The molecule has 0 fully saturated rings. The number of hydrogen-bond acceptors (Lipinski definition) is 7. The van der Waals surface area contributed by atoms with Crippen LogP contribution in [0.15, 0.2) is 75.5 Å². The van der Waals surface area contributed by atoms with Crippen LogP contribution in [0.4, 0.5) is 5.69 Å². The average molecular weight is 620 g/mol. The molecule has 0 atom stereocenters. The number of anilines is 1. The molecule has 0 bridgehead atoms. The van der Waals surface area contributed by atoms with Gasteiger partial charge < -0.3 is 10.4 Å². The molecule has 3 N–H and O–H groups in total. The van der Waals surface area contributed by atoms with Crippen LogP contribution in [-0.4, -0.2) is 30.5 Å². The van der Waals surface area contributed by atoms with E-state index in [9.17, 15) is 23.1 Å². The number of amidine groups is 1. The summed E-state index contributed by atoms with van der Waals surface area (Å²) in [6, 6.07) is 17.0. The second-order valence-corrected chi connectivity index (χ2v) is 15.4. The molecule has 4 rings (SSSR count). The summed E-state index contributed by atoms with van der Waals surface area (Å²) in [7, 11) is -3.96. The van der Waals surface area contributed by atoms with Gasteiger partial charge in [0.1, 0.15) is 5.75 Å². The molecule has 1 aliphatic heterocycles. The van der Waals surface area contributed by atoms with Gasteiger partial charge in [-0.1, -0.05) is 71.4 Å². The third-order valence-electron chi connectivity index (χ3n) is 6.82. The molecule has 10 heteroatoms. The molecular formula is C33H37N3O5S2. The van der Waals surface area contributed by atoms with Gasteiger partial charge in [-0.2, -0.15) is 4.99 Å². The second-order valence-electron chi connectivity index (χ2n) is 12.6. The number of carbonyl (C=O) groups is 2. The molecule has 3 aromatic carbocycles. The first-order valence-corrected chi connectivity index (χ1v) is 16.1. The van der Waals surface area contributed by atoms with E-state index in [1.54, 1.807) is 42.5 Å². The number of phenols is 1. The fraction of sp³-hybridized carbons (Fsp3) is 0.303. The van der Waals surface area contributed by atoms with Crippen molar-refractivity contribution in [2.24, 2.45) is 4.99 Å². The van der Waals surface area contributed by atoms with Crippen molar-refractivity contribution >= 4 is 50.5 Å². The van der Waals surface area contributed by atoms with E-state index in [1.165, 1.54) is 23.9 Å². The minimum Gasteiger partial charge on any atom is -0.507 e. The van der Waals surface area contributed by atoms with Crippen molar-refractivity contribution in [1.29, 1.82) is 0 Å². The normalized spacial score (nSPS) is 15.0. The Morgan fingerprint density at radius 3 is 2.02 bits per heavy atom. The maximum Gasteiger partial charge on any atom is 0.286 e. The molecular weight excluding hydrogens is 583 g/mol. The number of carbonyl (C=O) groups excluding carboxylic acids is 2. The van der Waals surface area contributed by atoms with E-state index in [1.807, 2.05) is 60.6 Å². The molecule has 0 radical (unpaired) electrons. The summed E-state index contributed by atoms with van der Waals surface area (Å²) in [6.45, 7) is 14.1. The molecule has 226 valence electrons. The number of rotatable bonds is 6. The molecule has 0 spiro atoms. The van der Waals surface area contributed by atoms with E-state index in [4.69, 9.17) is 0 Å². The van der Waals surface area contributed by atoms with Gasteiger partial charge in [-0.3, -0.25) is 9.59 Å². The molecule has 8 nitrogen and oxygen atoms in total. The van der Waals surface area contributed by atoms with Gasteiger partial charge in [0.2, 0.25) is 5.91 Å². The summed E-state index contributed by atoms with van der Waals surface area (Å²) >= 11 is 1.22. The molecule has 0 saturated carbocycles. The Balaban J connectivity index is 1.43. The first kappa shape index (κ1) is 32.0. The average Bonchev–Trinajstić information content (AvgIpc) is 3.22. The molecule has 1 heterocycles. The van der Waals surface area contributed by atoms with Crippen LogP contribution in [0.1, 0.15) is 69.4 Å². The molecule has 0 saturated heterocycles. The van der Waals surface area contributed by atoms with Crippen LogP contribution < -0.4 is 10.0 Å². The summed E-state index contributed by atoms with van der Waals surface area (Å²) in [5.41, 5.74) is 4.04. The number of nitrogens with zero attached hydrogens (tertiary/aromatic N) is 1.